The Balaban J connectivity index is 1.51. The number of aliphatic hydroxyl groups is 1. The summed E-state index contributed by atoms with van der Waals surface area (Å²) in [5.74, 6) is -0.946. The van der Waals surface area contributed by atoms with Crippen LogP contribution in [0.4, 0.5) is 4.79 Å². The van der Waals surface area contributed by atoms with Crippen molar-refractivity contribution in [2.45, 2.75) is 39.0 Å². The van der Waals surface area contributed by atoms with Crippen LogP contribution in [-0.2, 0) is 27.4 Å². The topological polar surface area (TPSA) is 114 Å². The fraction of sp³-hybridized carbons (Fsp3) is 0.286. The van der Waals surface area contributed by atoms with E-state index in [1.165, 1.54) is 12.0 Å². The molecule has 0 saturated carbocycles. The van der Waals surface area contributed by atoms with Crippen LogP contribution in [0.2, 0.25) is 0 Å². The molecule has 0 aliphatic rings. The lowest BCUT2D eigenvalue weighted by Gasteiger charge is -2.28. The number of nitrogens with one attached hydrogen (secondary N) is 1. The lowest BCUT2D eigenvalue weighted by Crippen LogP contribution is -2.53. The van der Waals surface area contributed by atoms with E-state index >= 15 is 0 Å². The molecule has 9 nitrogen and oxygen atoms in total. The summed E-state index contributed by atoms with van der Waals surface area (Å²) in [5.41, 5.74) is 1.58. The fourth-order valence-electron chi connectivity index (χ4n) is 4.71. The van der Waals surface area contributed by atoms with Crippen molar-refractivity contribution in [2.24, 2.45) is 5.92 Å². The van der Waals surface area contributed by atoms with Crippen molar-refractivity contribution in [3.63, 3.8) is 0 Å². The number of methoxy groups -OCH3 is 1. The van der Waals surface area contributed by atoms with Gasteiger partial charge in [-0.25, -0.2) is 14.4 Å². The van der Waals surface area contributed by atoms with E-state index in [9.17, 15) is 19.5 Å². The van der Waals surface area contributed by atoms with Crippen LogP contribution in [0, 0.1) is 5.92 Å². The number of amides is 2. The zero-order chi connectivity index (χ0) is 31.5. The Morgan fingerprint density at radius 1 is 0.773 bits per heavy atom. The molecule has 0 aliphatic heterocycles. The maximum absolute atomic E-state index is 13.6. The first-order valence-electron chi connectivity index (χ1n) is 14.5. The van der Waals surface area contributed by atoms with Crippen LogP contribution in [-0.4, -0.2) is 60.3 Å². The lowest BCUT2D eigenvalue weighted by atomic mass is 10.0. The molecule has 9 heteroatoms. The number of hydrogen-bond donors (Lipinski definition) is 2. The molecule has 0 aliphatic carbocycles. The first kappa shape index (κ1) is 32.0. The molecule has 0 saturated heterocycles. The molecule has 4 rings (SSSR count). The smallest absolute Gasteiger partial charge is 0.337 e. The van der Waals surface area contributed by atoms with Crippen molar-refractivity contribution in [1.29, 1.82) is 0 Å². The van der Waals surface area contributed by atoms with E-state index in [0.29, 0.717) is 5.75 Å². The second kappa shape index (κ2) is 15.5. The predicted molar refractivity (Wildman–Crippen MR) is 167 cm³/mol. The standard InChI is InChI=1S/C35H38N2O7/c1-24(2)21-37(22-30(38)34(40)43-23-25-11-5-4-6-12-25)35(41)36-29(33(39)44-32-16-10-9-15-31(32)42-3)20-26-17-18-27-13-7-8-14-28(27)19-26/h4-19,24,29-30,38H,20-23H2,1-3H3,(H,36,41). The number of carbonyl (C=O) groups excluding carboxylic acids is 3. The quantitative estimate of drug-likeness (QED) is 0.162. The molecule has 0 spiro atoms. The Morgan fingerprint density at radius 2 is 1.43 bits per heavy atom. The second-order valence-corrected chi connectivity index (χ2v) is 10.9. The van der Waals surface area contributed by atoms with E-state index in [0.717, 1.165) is 21.9 Å². The number of para-hydroxylation sites is 2. The van der Waals surface area contributed by atoms with Gasteiger partial charge in [0.2, 0.25) is 0 Å². The molecule has 2 atom stereocenters. The molecule has 4 aromatic carbocycles. The Morgan fingerprint density at radius 3 is 2.14 bits per heavy atom. The molecule has 0 radical (unpaired) electrons. The van der Waals surface area contributed by atoms with Gasteiger partial charge in [-0.3, -0.25) is 0 Å². The molecule has 0 heterocycles. The van der Waals surface area contributed by atoms with Gasteiger partial charge >= 0.3 is 18.0 Å². The number of carbonyl (C=O) groups is 3. The van der Waals surface area contributed by atoms with Crippen molar-refractivity contribution >= 4 is 28.7 Å². The van der Waals surface area contributed by atoms with Crippen molar-refractivity contribution in [3.8, 4) is 11.5 Å². The first-order valence-corrected chi connectivity index (χ1v) is 14.5. The summed E-state index contributed by atoms with van der Waals surface area (Å²) in [6.07, 6.45) is -1.44. The van der Waals surface area contributed by atoms with Gasteiger partial charge in [0.1, 0.15) is 12.6 Å². The largest absolute Gasteiger partial charge is 0.493 e. The van der Waals surface area contributed by atoms with Crippen LogP contribution in [0.3, 0.4) is 0 Å². The van der Waals surface area contributed by atoms with E-state index in [1.807, 2.05) is 74.5 Å². The van der Waals surface area contributed by atoms with Gasteiger partial charge in [-0.1, -0.05) is 98.8 Å². The summed E-state index contributed by atoms with van der Waals surface area (Å²) in [6, 6.07) is 27.8. The molecular weight excluding hydrogens is 560 g/mol. The fourth-order valence-corrected chi connectivity index (χ4v) is 4.71. The van der Waals surface area contributed by atoms with E-state index in [4.69, 9.17) is 14.2 Å². The Kier molecular flexibility index (Phi) is 11.3. The van der Waals surface area contributed by atoms with E-state index in [2.05, 4.69) is 5.32 Å². The normalized spacial score (nSPS) is 12.3. The van der Waals surface area contributed by atoms with Crippen molar-refractivity contribution in [1.82, 2.24) is 10.2 Å². The van der Waals surface area contributed by atoms with Crippen LogP contribution in [0.25, 0.3) is 10.8 Å². The van der Waals surface area contributed by atoms with Gasteiger partial charge in [0, 0.05) is 13.0 Å². The van der Waals surface area contributed by atoms with Crippen LogP contribution < -0.4 is 14.8 Å². The van der Waals surface area contributed by atoms with Gasteiger partial charge in [0.25, 0.3) is 0 Å². The van der Waals surface area contributed by atoms with Crippen LogP contribution in [0.1, 0.15) is 25.0 Å². The average Bonchev–Trinajstić information content (AvgIpc) is 3.03. The minimum Gasteiger partial charge on any atom is -0.493 e. The van der Waals surface area contributed by atoms with Gasteiger partial charge in [0.15, 0.2) is 17.6 Å². The highest BCUT2D eigenvalue weighted by molar-refractivity contribution is 5.87. The summed E-state index contributed by atoms with van der Waals surface area (Å²) < 4.78 is 16.3. The van der Waals surface area contributed by atoms with E-state index in [1.54, 1.807) is 36.4 Å². The third-order valence-electron chi connectivity index (χ3n) is 6.88. The molecule has 2 unspecified atom stereocenters. The van der Waals surface area contributed by atoms with Crippen molar-refractivity contribution in [2.75, 3.05) is 20.2 Å². The Bertz CT molecular complexity index is 1560. The number of aliphatic hydroxyl groups excluding tert-OH is 1. The summed E-state index contributed by atoms with van der Waals surface area (Å²) >= 11 is 0. The second-order valence-electron chi connectivity index (χ2n) is 10.9. The van der Waals surface area contributed by atoms with E-state index < -0.39 is 30.1 Å². The molecule has 230 valence electrons. The van der Waals surface area contributed by atoms with Crippen LogP contribution >= 0.6 is 0 Å². The van der Waals surface area contributed by atoms with Crippen molar-refractivity contribution in [3.05, 3.63) is 108 Å². The molecule has 2 N–H and O–H groups in total. The van der Waals surface area contributed by atoms with Gasteiger partial charge in [-0.15, -0.1) is 0 Å². The molecule has 4 aromatic rings. The summed E-state index contributed by atoms with van der Waals surface area (Å²) in [5, 5.41) is 15.5. The minimum absolute atomic E-state index is 0.00423. The molecule has 0 aromatic heterocycles. The number of hydrogen-bond acceptors (Lipinski definition) is 7. The third-order valence-corrected chi connectivity index (χ3v) is 6.88. The Hall–Kier alpha value is -4.89. The maximum atomic E-state index is 13.6. The van der Waals surface area contributed by atoms with Gasteiger partial charge in [-0.2, -0.15) is 0 Å². The van der Waals surface area contributed by atoms with Crippen molar-refractivity contribution < 1.29 is 33.7 Å². The number of rotatable bonds is 13. The minimum atomic E-state index is -1.58. The SMILES string of the molecule is COc1ccccc1OC(=O)C(Cc1ccc2ccccc2c1)NC(=O)N(CC(C)C)CC(O)C(=O)OCc1ccccc1. The Labute approximate surface area is 257 Å². The molecule has 0 bridgehead atoms. The third kappa shape index (κ3) is 9.05. The van der Waals surface area contributed by atoms with Crippen LogP contribution in [0.5, 0.6) is 11.5 Å². The summed E-state index contributed by atoms with van der Waals surface area (Å²) in [6.45, 7) is 3.71. The van der Waals surface area contributed by atoms with Gasteiger partial charge < -0.3 is 29.5 Å². The molecule has 2 amide bonds. The monoisotopic (exact) mass is 598 g/mol. The van der Waals surface area contributed by atoms with E-state index in [-0.39, 0.29) is 37.8 Å². The number of urea groups is 1. The maximum Gasteiger partial charge on any atom is 0.337 e. The highest BCUT2D eigenvalue weighted by Gasteiger charge is 2.30. The average molecular weight is 599 g/mol. The summed E-state index contributed by atoms with van der Waals surface area (Å²) in [7, 11) is 1.47. The number of fused-ring (bicyclic) bond motifs is 1. The highest BCUT2D eigenvalue weighted by Crippen LogP contribution is 2.26. The number of nitrogens with zero attached hydrogens (tertiary/aromatic N) is 1. The highest BCUT2D eigenvalue weighted by atomic mass is 16.6. The molecular formula is C35H38N2O7. The molecule has 44 heavy (non-hydrogen) atoms. The van der Waals surface area contributed by atoms with Gasteiger partial charge in [0.05, 0.1) is 13.7 Å². The zero-order valence-corrected chi connectivity index (χ0v) is 25.1. The number of benzene rings is 4. The van der Waals surface area contributed by atoms with Gasteiger partial charge in [-0.05, 0) is 39.9 Å². The number of esters is 2. The zero-order valence-electron chi connectivity index (χ0n) is 25.1. The lowest BCUT2D eigenvalue weighted by molar-refractivity contribution is -0.155. The van der Waals surface area contributed by atoms with Crippen LogP contribution in [0.15, 0.2) is 97.1 Å². The first-order chi connectivity index (χ1) is 21.2. The summed E-state index contributed by atoms with van der Waals surface area (Å²) in [4.78, 5) is 41.1. The predicted octanol–water partition coefficient (Wildman–Crippen LogP) is 5.14. The number of ether oxygens (including phenoxy) is 3. The molecule has 0 fully saturated rings.